The maximum Gasteiger partial charge on any atom is 0.256 e. The molecule has 0 aromatic heterocycles. The predicted octanol–water partition coefficient (Wildman–Crippen LogP) is 6.47. The molecule has 48 heavy (non-hydrogen) atoms. The first kappa shape index (κ1) is 25.0. The van der Waals surface area contributed by atoms with E-state index in [4.69, 9.17) is 14.2 Å². The highest BCUT2D eigenvalue weighted by Crippen LogP contribution is 2.54. The molecule has 6 heteroatoms. The van der Waals surface area contributed by atoms with Crippen LogP contribution in [0.25, 0.3) is 22.3 Å². The van der Waals surface area contributed by atoms with Crippen molar-refractivity contribution in [3.8, 4) is 56.8 Å². The van der Waals surface area contributed by atoms with Crippen LogP contribution in [-0.4, -0.2) is 13.4 Å². The van der Waals surface area contributed by atoms with Crippen LogP contribution in [0.4, 0.5) is 17.1 Å². The zero-order valence-electron chi connectivity index (χ0n) is 25.6. The fourth-order valence-electron chi connectivity index (χ4n) is 8.80. The zero-order valence-corrected chi connectivity index (χ0v) is 25.6. The number of nitrogens with zero attached hydrogens (tertiary/aromatic N) is 1. The molecule has 0 saturated carbocycles. The molecule has 0 atom stereocenters. The fraction of sp³-hybridized carbons (Fsp3) is 0. The van der Waals surface area contributed by atoms with E-state index in [1.54, 1.807) is 0 Å². The number of rotatable bonds is 2. The summed E-state index contributed by atoms with van der Waals surface area (Å²) < 4.78 is 20.7. The van der Waals surface area contributed by atoms with Crippen molar-refractivity contribution in [1.29, 1.82) is 0 Å². The molecule has 0 spiro atoms. The van der Waals surface area contributed by atoms with Crippen LogP contribution >= 0.6 is 0 Å². The first-order chi connectivity index (χ1) is 23.8. The molecular weight excluding hydrogens is 588 g/mol. The van der Waals surface area contributed by atoms with Crippen LogP contribution in [0.1, 0.15) is 0 Å². The van der Waals surface area contributed by atoms with Gasteiger partial charge >= 0.3 is 0 Å². The molecule has 0 aliphatic carbocycles. The smallest absolute Gasteiger partial charge is 0.256 e. The summed E-state index contributed by atoms with van der Waals surface area (Å²) in [4.78, 5) is 2.45. The van der Waals surface area contributed by atoms with Crippen LogP contribution in [0.3, 0.4) is 0 Å². The maximum absolute atomic E-state index is 6.95. The van der Waals surface area contributed by atoms with E-state index < -0.39 is 0 Å². The van der Waals surface area contributed by atoms with Crippen molar-refractivity contribution in [3.63, 3.8) is 0 Å². The van der Waals surface area contributed by atoms with E-state index in [0.29, 0.717) is 0 Å². The van der Waals surface area contributed by atoms with Gasteiger partial charge in [0.25, 0.3) is 13.4 Å². The molecule has 0 saturated heterocycles. The Kier molecular flexibility index (Phi) is 4.59. The molecule has 0 amide bonds. The number of hydrogen-bond acceptors (Lipinski definition) is 4. The first-order valence-corrected chi connectivity index (χ1v) is 16.5. The average Bonchev–Trinajstić information content (AvgIpc) is 3.14. The molecule has 5 aliphatic heterocycles. The van der Waals surface area contributed by atoms with Crippen molar-refractivity contribution in [1.82, 2.24) is 0 Å². The Morgan fingerprint density at radius 3 is 1.31 bits per heavy atom. The topological polar surface area (TPSA) is 30.9 Å². The summed E-state index contributed by atoms with van der Waals surface area (Å²) in [6, 6.07) is 49.4. The third-order valence-electron chi connectivity index (χ3n) is 10.8. The van der Waals surface area contributed by atoms with Gasteiger partial charge in [-0.1, -0.05) is 109 Å². The van der Waals surface area contributed by atoms with Gasteiger partial charge < -0.3 is 19.1 Å². The lowest BCUT2D eigenvalue weighted by Gasteiger charge is -2.49. The van der Waals surface area contributed by atoms with Gasteiger partial charge in [0.1, 0.15) is 23.0 Å². The highest BCUT2D eigenvalue weighted by Gasteiger charge is 2.53. The van der Waals surface area contributed by atoms with E-state index in [0.717, 1.165) is 84.7 Å². The Bertz CT molecular complexity index is 2400. The summed E-state index contributed by atoms with van der Waals surface area (Å²) >= 11 is 0. The van der Waals surface area contributed by atoms with Gasteiger partial charge in [-0.3, -0.25) is 0 Å². The Hall–Kier alpha value is -6.13. The molecular formula is C42H23B2NO3. The number of anilines is 3. The largest absolute Gasteiger partial charge is 0.458 e. The number of benzene rings is 7. The van der Waals surface area contributed by atoms with Crippen LogP contribution in [0, 0.1) is 0 Å². The summed E-state index contributed by atoms with van der Waals surface area (Å²) in [5.41, 5.74) is 15.1. The Morgan fingerprint density at radius 2 is 0.812 bits per heavy atom. The molecule has 7 aromatic carbocycles. The summed E-state index contributed by atoms with van der Waals surface area (Å²) in [6.07, 6.45) is 0. The van der Waals surface area contributed by atoms with Gasteiger partial charge in [0, 0.05) is 11.8 Å². The Morgan fingerprint density at radius 1 is 0.333 bits per heavy atom. The summed E-state index contributed by atoms with van der Waals surface area (Å²) in [7, 11) is 0. The molecule has 0 bridgehead atoms. The number of fused-ring (bicyclic) bond motifs is 6. The van der Waals surface area contributed by atoms with E-state index in [2.05, 4.69) is 144 Å². The average molecular weight is 611 g/mol. The van der Waals surface area contributed by atoms with E-state index >= 15 is 0 Å². The molecule has 0 N–H and O–H groups in total. The molecule has 4 nitrogen and oxygen atoms in total. The van der Waals surface area contributed by atoms with Crippen LogP contribution in [0.5, 0.6) is 34.5 Å². The molecule has 0 radical (unpaired) electrons. The molecule has 7 aromatic rings. The highest BCUT2D eigenvalue weighted by molar-refractivity contribution is 7.03. The molecule has 0 fully saturated rings. The van der Waals surface area contributed by atoms with Crippen LogP contribution in [0.2, 0.25) is 0 Å². The van der Waals surface area contributed by atoms with E-state index in [9.17, 15) is 0 Å². The third kappa shape index (κ3) is 3.08. The molecule has 0 unspecified atom stereocenters. The monoisotopic (exact) mass is 611 g/mol. The normalized spacial score (nSPS) is 14.2. The molecule has 12 rings (SSSR count). The van der Waals surface area contributed by atoms with Gasteiger partial charge in [0.2, 0.25) is 0 Å². The minimum absolute atomic E-state index is 0.0158. The summed E-state index contributed by atoms with van der Waals surface area (Å²) in [6.45, 7) is -0.0315. The van der Waals surface area contributed by atoms with Gasteiger partial charge in [-0.15, -0.1) is 0 Å². The van der Waals surface area contributed by atoms with Crippen molar-refractivity contribution in [3.05, 3.63) is 140 Å². The quantitative estimate of drug-likeness (QED) is 0.210. The van der Waals surface area contributed by atoms with Crippen molar-refractivity contribution in [2.45, 2.75) is 0 Å². The number of ether oxygens (including phenoxy) is 3. The zero-order chi connectivity index (χ0) is 31.1. The van der Waals surface area contributed by atoms with E-state index in [-0.39, 0.29) is 13.4 Å². The Labute approximate surface area is 277 Å². The van der Waals surface area contributed by atoms with Crippen LogP contribution in [0.15, 0.2) is 140 Å². The van der Waals surface area contributed by atoms with Crippen LogP contribution in [-0.2, 0) is 0 Å². The van der Waals surface area contributed by atoms with E-state index in [1.807, 2.05) is 0 Å². The van der Waals surface area contributed by atoms with Gasteiger partial charge in [0.15, 0.2) is 11.5 Å². The molecule has 5 aliphatic rings. The lowest BCUT2D eigenvalue weighted by atomic mass is 9.29. The van der Waals surface area contributed by atoms with Crippen molar-refractivity contribution in [2.75, 3.05) is 4.90 Å². The van der Waals surface area contributed by atoms with Crippen molar-refractivity contribution < 1.29 is 14.2 Å². The Balaban J connectivity index is 1.15. The maximum atomic E-state index is 6.95. The number of hydrogen-bond donors (Lipinski definition) is 0. The van der Waals surface area contributed by atoms with Gasteiger partial charge in [-0.2, -0.15) is 0 Å². The van der Waals surface area contributed by atoms with Gasteiger partial charge in [-0.25, -0.2) is 0 Å². The molecule has 5 heterocycles. The minimum Gasteiger partial charge on any atom is -0.458 e. The van der Waals surface area contributed by atoms with Crippen LogP contribution < -0.4 is 51.9 Å². The standard InChI is InChI=1S/C42H23B2NO3/c1-3-9-24(10-4-1)26-17-19-28-34(21-26)47-36-23-37-39-42-38(36)43(28)30-13-7-15-32-40(30)45(42)41-31(14-8-16-33(41)46-32)44(39)29-20-18-27(22-35(29)48-37)25-11-5-2-6-12-25/h1-23H. The summed E-state index contributed by atoms with van der Waals surface area (Å²) in [5.74, 6) is 5.19. The second-order valence-electron chi connectivity index (χ2n) is 13.2. The van der Waals surface area contributed by atoms with Gasteiger partial charge in [0.05, 0.1) is 11.4 Å². The lowest BCUT2D eigenvalue weighted by Crippen LogP contribution is -2.67. The SMILES string of the molecule is c1ccc(-c2ccc3c(c2)Oc2cc4c5c6c2B3c2cccc3c2N6c2c(cccc2B5c2ccc(-c5ccccc5)cc2O4)O3)cc1. The number of para-hydroxylation sites is 2. The lowest BCUT2D eigenvalue weighted by molar-refractivity contribution is 0.464. The third-order valence-corrected chi connectivity index (χ3v) is 10.8. The molecule has 220 valence electrons. The van der Waals surface area contributed by atoms with Crippen molar-refractivity contribution in [2.24, 2.45) is 0 Å². The summed E-state index contributed by atoms with van der Waals surface area (Å²) in [5, 5.41) is 0. The fourth-order valence-corrected chi connectivity index (χ4v) is 8.80. The van der Waals surface area contributed by atoms with Gasteiger partial charge in [-0.05, 0) is 79.3 Å². The second-order valence-corrected chi connectivity index (χ2v) is 13.2. The highest BCUT2D eigenvalue weighted by atomic mass is 16.5. The predicted molar refractivity (Wildman–Crippen MR) is 194 cm³/mol. The van der Waals surface area contributed by atoms with E-state index in [1.165, 1.54) is 21.9 Å². The van der Waals surface area contributed by atoms with Crippen molar-refractivity contribution >= 4 is 63.3 Å². The minimum atomic E-state index is -0.0158. The first-order valence-electron chi connectivity index (χ1n) is 16.5. The second kappa shape index (κ2) is 8.81.